The Bertz CT molecular complexity index is 751. The van der Waals surface area contributed by atoms with Crippen molar-refractivity contribution in [3.05, 3.63) is 41.5 Å². The Balaban J connectivity index is 2.12. The van der Waals surface area contributed by atoms with Crippen LogP contribution in [0.1, 0.15) is 22.0 Å². The van der Waals surface area contributed by atoms with Crippen LogP contribution in [0.4, 0.5) is 0 Å². The predicted octanol–water partition coefficient (Wildman–Crippen LogP) is 1.19. The Labute approximate surface area is 124 Å². The molecule has 0 saturated heterocycles. The van der Waals surface area contributed by atoms with Crippen molar-refractivity contribution in [3.63, 3.8) is 0 Å². The van der Waals surface area contributed by atoms with E-state index in [0.29, 0.717) is 5.56 Å². The van der Waals surface area contributed by atoms with Crippen molar-refractivity contribution in [1.29, 1.82) is 0 Å². The van der Waals surface area contributed by atoms with E-state index in [1.165, 1.54) is 24.3 Å². The first kappa shape index (κ1) is 14.0. The molecule has 0 radical (unpaired) electrons. The molecule has 0 bridgehead atoms. The van der Waals surface area contributed by atoms with E-state index in [2.05, 4.69) is 0 Å². The van der Waals surface area contributed by atoms with Gasteiger partial charge in [-0.2, -0.15) is 0 Å². The van der Waals surface area contributed by atoms with Crippen LogP contribution in [-0.4, -0.2) is 37.4 Å². The van der Waals surface area contributed by atoms with E-state index >= 15 is 0 Å². The van der Waals surface area contributed by atoms with Gasteiger partial charge in [0.1, 0.15) is 17.1 Å². The largest absolute Gasteiger partial charge is 0.508 e. The van der Waals surface area contributed by atoms with Crippen LogP contribution in [0.5, 0.6) is 28.7 Å². The second kappa shape index (κ2) is 4.81. The Morgan fingerprint density at radius 3 is 2.23 bits per heavy atom. The average molecular weight is 304 g/mol. The van der Waals surface area contributed by atoms with Crippen molar-refractivity contribution in [3.8, 4) is 28.7 Å². The number of carbonyl (C=O) groups is 1. The number of rotatable bonds is 1. The number of carbonyl (C=O) groups excluding carboxylic acids is 1. The summed E-state index contributed by atoms with van der Waals surface area (Å²) in [6.07, 6.45) is -2.75. The lowest BCUT2D eigenvalue weighted by Gasteiger charge is -2.30. The zero-order valence-electron chi connectivity index (χ0n) is 11.1. The molecule has 22 heavy (non-hydrogen) atoms. The number of aliphatic hydroxyl groups is 1. The topological polar surface area (TPSA) is 127 Å². The highest BCUT2D eigenvalue weighted by Crippen LogP contribution is 2.49. The molecule has 1 heterocycles. The zero-order valence-corrected chi connectivity index (χ0v) is 11.1. The highest BCUT2D eigenvalue weighted by Gasteiger charge is 2.41. The molecule has 1 aliphatic rings. The summed E-state index contributed by atoms with van der Waals surface area (Å²) < 4.78 is 5.41. The van der Waals surface area contributed by atoms with Crippen molar-refractivity contribution in [2.24, 2.45) is 0 Å². The molecule has 2 atom stereocenters. The second-order valence-corrected chi connectivity index (χ2v) is 4.91. The summed E-state index contributed by atoms with van der Waals surface area (Å²) in [5, 5.41) is 48.4. The molecule has 0 aliphatic carbocycles. The normalized spacial score (nSPS) is 20.3. The van der Waals surface area contributed by atoms with Gasteiger partial charge in [0.25, 0.3) is 0 Å². The number of ether oxygens (including phenoxy) is 1. The molecule has 7 heteroatoms. The summed E-state index contributed by atoms with van der Waals surface area (Å²) in [6.45, 7) is 0. The van der Waals surface area contributed by atoms with E-state index in [1.807, 2.05) is 0 Å². The molecule has 0 amide bonds. The number of aliphatic hydroxyl groups excluding tert-OH is 1. The molecule has 7 nitrogen and oxygen atoms in total. The summed E-state index contributed by atoms with van der Waals surface area (Å²) in [6, 6.07) is 6.39. The van der Waals surface area contributed by atoms with Crippen LogP contribution < -0.4 is 4.74 Å². The first-order valence-corrected chi connectivity index (χ1v) is 6.36. The maximum absolute atomic E-state index is 12.2. The maximum Gasteiger partial charge on any atom is 0.203 e. The lowest BCUT2D eigenvalue weighted by molar-refractivity contribution is 0.0198. The minimum absolute atomic E-state index is 0.00101. The summed E-state index contributed by atoms with van der Waals surface area (Å²) in [4.78, 5) is 12.2. The van der Waals surface area contributed by atoms with Gasteiger partial charge in [0, 0.05) is 6.07 Å². The lowest BCUT2D eigenvalue weighted by Crippen LogP contribution is -2.36. The molecule has 114 valence electrons. The number of aromatic hydroxyl groups is 4. The number of phenolic OH excluding ortho intramolecular Hbond substituents is 4. The van der Waals surface area contributed by atoms with Gasteiger partial charge in [-0.3, -0.25) is 4.79 Å². The number of phenols is 4. The third-order valence-corrected chi connectivity index (χ3v) is 3.48. The van der Waals surface area contributed by atoms with E-state index in [1.54, 1.807) is 0 Å². The SMILES string of the molecule is O=C1c2c(O)cc(O)c(O)c2O[C@H](c2ccc(O)cc2)[C@H]1O. The van der Waals surface area contributed by atoms with Gasteiger partial charge in [0.2, 0.25) is 11.5 Å². The molecule has 0 spiro atoms. The minimum Gasteiger partial charge on any atom is -0.508 e. The summed E-state index contributed by atoms with van der Waals surface area (Å²) in [5.41, 5.74) is -0.00985. The molecule has 2 aromatic rings. The van der Waals surface area contributed by atoms with E-state index in [9.17, 15) is 30.3 Å². The van der Waals surface area contributed by atoms with Crippen molar-refractivity contribution >= 4 is 5.78 Å². The Hall–Kier alpha value is -2.93. The highest BCUT2D eigenvalue weighted by atomic mass is 16.5. The molecule has 1 aliphatic heterocycles. The highest BCUT2D eigenvalue weighted by molar-refractivity contribution is 6.06. The fourth-order valence-corrected chi connectivity index (χ4v) is 2.37. The third-order valence-electron chi connectivity index (χ3n) is 3.48. The molecule has 5 N–H and O–H groups in total. The molecule has 0 fully saturated rings. The van der Waals surface area contributed by atoms with Crippen LogP contribution in [0.2, 0.25) is 0 Å². The fraction of sp³-hybridized carbons (Fsp3) is 0.133. The van der Waals surface area contributed by atoms with Gasteiger partial charge in [-0.1, -0.05) is 12.1 Å². The van der Waals surface area contributed by atoms with E-state index < -0.39 is 46.6 Å². The maximum atomic E-state index is 12.2. The molecule has 0 aromatic heterocycles. The summed E-state index contributed by atoms with van der Waals surface area (Å²) >= 11 is 0. The summed E-state index contributed by atoms with van der Waals surface area (Å²) in [5.74, 6) is -3.18. The number of hydrogen-bond acceptors (Lipinski definition) is 7. The van der Waals surface area contributed by atoms with Gasteiger partial charge in [-0.15, -0.1) is 0 Å². The quantitative estimate of drug-likeness (QED) is 0.395. The Morgan fingerprint density at radius 2 is 1.59 bits per heavy atom. The molecule has 0 unspecified atom stereocenters. The van der Waals surface area contributed by atoms with Crippen LogP contribution >= 0.6 is 0 Å². The standard InChI is InChI=1S/C15H12O7/c16-7-3-1-6(2-4-7)14-13(21)12(20)10-8(17)5-9(18)11(19)15(10)22-14/h1-5,13-14,16-19,21H/t13-,14+/m0/s1. The fourth-order valence-electron chi connectivity index (χ4n) is 2.37. The van der Waals surface area contributed by atoms with Crippen molar-refractivity contribution in [2.45, 2.75) is 12.2 Å². The predicted molar refractivity (Wildman–Crippen MR) is 73.2 cm³/mol. The van der Waals surface area contributed by atoms with Crippen LogP contribution in [0.3, 0.4) is 0 Å². The van der Waals surface area contributed by atoms with Crippen molar-refractivity contribution in [1.82, 2.24) is 0 Å². The third kappa shape index (κ3) is 1.99. The monoisotopic (exact) mass is 304 g/mol. The first-order valence-electron chi connectivity index (χ1n) is 6.36. The van der Waals surface area contributed by atoms with Crippen molar-refractivity contribution < 1.29 is 35.1 Å². The number of hydrogen-bond donors (Lipinski definition) is 5. The number of ketones is 1. The van der Waals surface area contributed by atoms with E-state index in [4.69, 9.17) is 4.74 Å². The summed E-state index contributed by atoms with van der Waals surface area (Å²) in [7, 11) is 0. The van der Waals surface area contributed by atoms with Gasteiger partial charge < -0.3 is 30.3 Å². The molecule has 2 aromatic carbocycles. The molecular formula is C15H12O7. The lowest BCUT2D eigenvalue weighted by atomic mass is 9.92. The van der Waals surface area contributed by atoms with Crippen LogP contribution in [-0.2, 0) is 0 Å². The molecule has 3 rings (SSSR count). The zero-order chi connectivity index (χ0) is 16.0. The molecular weight excluding hydrogens is 292 g/mol. The van der Waals surface area contributed by atoms with Crippen LogP contribution in [0, 0.1) is 0 Å². The smallest absolute Gasteiger partial charge is 0.203 e. The Kier molecular flexibility index (Phi) is 3.07. The minimum atomic E-state index is -1.60. The van der Waals surface area contributed by atoms with Gasteiger partial charge >= 0.3 is 0 Å². The Morgan fingerprint density at radius 1 is 0.955 bits per heavy atom. The van der Waals surface area contributed by atoms with Gasteiger partial charge in [0.05, 0.1) is 0 Å². The average Bonchev–Trinajstić information content (AvgIpc) is 2.48. The number of Topliss-reactive ketones (excluding diaryl/α,β-unsaturated/α-hetero) is 1. The van der Waals surface area contributed by atoms with Gasteiger partial charge in [-0.05, 0) is 17.7 Å². The molecule has 0 saturated carbocycles. The van der Waals surface area contributed by atoms with E-state index in [-0.39, 0.29) is 5.75 Å². The van der Waals surface area contributed by atoms with E-state index in [0.717, 1.165) is 6.07 Å². The number of benzene rings is 2. The van der Waals surface area contributed by atoms with Crippen LogP contribution in [0.25, 0.3) is 0 Å². The van der Waals surface area contributed by atoms with Crippen molar-refractivity contribution in [2.75, 3.05) is 0 Å². The second-order valence-electron chi connectivity index (χ2n) is 4.91. The first-order chi connectivity index (χ1) is 10.4. The number of fused-ring (bicyclic) bond motifs is 1. The van der Waals surface area contributed by atoms with Gasteiger partial charge in [0.15, 0.2) is 23.7 Å². The van der Waals surface area contributed by atoms with Crippen LogP contribution in [0.15, 0.2) is 30.3 Å². The van der Waals surface area contributed by atoms with Gasteiger partial charge in [-0.25, -0.2) is 0 Å².